The fourth-order valence-electron chi connectivity index (χ4n) is 3.22. The summed E-state index contributed by atoms with van der Waals surface area (Å²) in [6.45, 7) is 3.59. The van der Waals surface area contributed by atoms with Crippen molar-refractivity contribution >= 4 is 43.6 Å². The minimum absolute atomic E-state index is 0.00724. The molecule has 0 unspecified atom stereocenters. The highest BCUT2D eigenvalue weighted by Gasteiger charge is 2.46. The number of sulfonamides is 1. The molecule has 0 saturated carbocycles. The van der Waals surface area contributed by atoms with E-state index in [0.29, 0.717) is 24.1 Å². The van der Waals surface area contributed by atoms with Gasteiger partial charge in [0.05, 0.1) is 5.69 Å². The summed E-state index contributed by atoms with van der Waals surface area (Å²) in [4.78, 5) is 2.07. The quantitative estimate of drug-likeness (QED) is 0.432. The van der Waals surface area contributed by atoms with Crippen LogP contribution in [0, 0.1) is 0 Å². The van der Waals surface area contributed by atoms with E-state index in [0.717, 1.165) is 43.7 Å². The van der Waals surface area contributed by atoms with Crippen LogP contribution >= 0.6 is 11.3 Å². The summed E-state index contributed by atoms with van der Waals surface area (Å²) >= 11 is 1.10. The van der Waals surface area contributed by atoms with Gasteiger partial charge in [0.2, 0.25) is 0 Å². The number of anilines is 2. The Bertz CT molecular complexity index is 994. The lowest BCUT2D eigenvalue weighted by molar-refractivity contribution is -0.0429. The lowest BCUT2D eigenvalue weighted by Crippen LogP contribution is -2.33. The first-order valence-corrected chi connectivity index (χ1v) is 11.8. The fraction of sp³-hybridized carbons (Fsp3) is 0.529. The maximum Gasteiger partial charge on any atom is 0.516 e. The van der Waals surface area contributed by atoms with Gasteiger partial charge in [0.25, 0.3) is 5.13 Å². The van der Waals surface area contributed by atoms with E-state index in [4.69, 9.17) is 0 Å². The molecule has 0 fully saturated rings. The second kappa shape index (κ2) is 9.25. The minimum Gasteiger partial charge on any atom is -0.371 e. The lowest BCUT2D eigenvalue weighted by Gasteiger charge is -2.33. The van der Waals surface area contributed by atoms with Crippen molar-refractivity contribution in [2.24, 2.45) is 10.2 Å². The van der Waals surface area contributed by atoms with Gasteiger partial charge in [-0.25, -0.2) is 0 Å². The van der Waals surface area contributed by atoms with Gasteiger partial charge >= 0.3 is 15.5 Å². The van der Waals surface area contributed by atoms with Crippen molar-refractivity contribution in [3.8, 4) is 0 Å². The van der Waals surface area contributed by atoms with E-state index in [9.17, 15) is 21.6 Å². The summed E-state index contributed by atoms with van der Waals surface area (Å²) in [5, 5.41) is 15.3. The number of alkyl halides is 3. The topological polar surface area (TPSA) is 99.9 Å². The number of benzene rings is 1. The SMILES string of the molecule is CCCCCN1CCCc2c1ccc(N=Nc1nncs1)c2NS(=O)(=O)C(F)(F)F. The van der Waals surface area contributed by atoms with Gasteiger partial charge in [-0.05, 0) is 31.4 Å². The lowest BCUT2D eigenvalue weighted by atomic mass is 9.98. The highest BCUT2D eigenvalue weighted by Crippen LogP contribution is 2.42. The Hall–Kier alpha value is -2.28. The van der Waals surface area contributed by atoms with Crippen LogP contribution in [0.4, 0.5) is 35.4 Å². The summed E-state index contributed by atoms with van der Waals surface area (Å²) in [6.07, 6.45) is 4.14. The Morgan fingerprint density at radius 1 is 1.27 bits per heavy atom. The molecule has 30 heavy (non-hydrogen) atoms. The summed E-state index contributed by atoms with van der Waals surface area (Å²) in [5.74, 6) is 0. The first-order chi connectivity index (χ1) is 14.2. The standard InChI is InChI=1S/C17H21F3N6O2S2/c1-2-3-4-9-26-10-5-6-12-14(26)8-7-13(22-24-16-23-21-11-29-16)15(12)25-30(27,28)17(18,19)20/h7-8,11,25H,2-6,9-10H2,1H3. The number of azo groups is 1. The molecule has 1 aliphatic heterocycles. The first-order valence-electron chi connectivity index (χ1n) is 9.40. The number of nitrogens with one attached hydrogen (secondary N) is 1. The van der Waals surface area contributed by atoms with Crippen molar-refractivity contribution in [3.05, 3.63) is 23.2 Å². The molecule has 3 rings (SSSR count). The van der Waals surface area contributed by atoms with Gasteiger partial charge in [0.15, 0.2) is 0 Å². The van der Waals surface area contributed by atoms with E-state index in [1.165, 1.54) is 11.6 Å². The molecule has 0 spiro atoms. The molecule has 0 radical (unpaired) electrons. The van der Waals surface area contributed by atoms with Crippen LogP contribution in [0.2, 0.25) is 0 Å². The molecule has 2 aromatic rings. The zero-order valence-corrected chi connectivity index (χ0v) is 17.8. The predicted octanol–water partition coefficient (Wildman–Crippen LogP) is 5.16. The van der Waals surface area contributed by atoms with E-state index < -0.39 is 15.5 Å². The molecule has 13 heteroatoms. The van der Waals surface area contributed by atoms with E-state index in [1.54, 1.807) is 10.8 Å². The van der Waals surface area contributed by atoms with Crippen molar-refractivity contribution < 1.29 is 21.6 Å². The molecule has 164 valence electrons. The normalized spacial score (nSPS) is 14.9. The van der Waals surface area contributed by atoms with Gasteiger partial charge in [0.1, 0.15) is 11.2 Å². The van der Waals surface area contributed by atoms with E-state index in [-0.39, 0.29) is 16.5 Å². The number of rotatable bonds is 8. The van der Waals surface area contributed by atoms with Crippen molar-refractivity contribution in [2.45, 2.75) is 44.5 Å². The molecular formula is C17H21F3N6O2S2. The zero-order chi connectivity index (χ0) is 21.8. The second-order valence-corrected chi connectivity index (χ2v) is 9.21. The number of unbranched alkanes of at least 4 members (excludes halogenated alkanes) is 2. The number of hydrogen-bond acceptors (Lipinski definition) is 8. The Morgan fingerprint density at radius 2 is 2.07 bits per heavy atom. The van der Waals surface area contributed by atoms with Crippen LogP contribution in [0.3, 0.4) is 0 Å². The Kier molecular flexibility index (Phi) is 6.91. The highest BCUT2D eigenvalue weighted by atomic mass is 32.2. The highest BCUT2D eigenvalue weighted by molar-refractivity contribution is 7.93. The van der Waals surface area contributed by atoms with Crippen molar-refractivity contribution in [1.82, 2.24) is 10.2 Å². The first kappa shape index (κ1) is 22.4. The molecule has 0 aliphatic carbocycles. The maximum atomic E-state index is 13.0. The van der Waals surface area contributed by atoms with E-state index in [1.807, 2.05) is 0 Å². The third-order valence-electron chi connectivity index (χ3n) is 4.63. The number of hydrogen-bond donors (Lipinski definition) is 1. The largest absolute Gasteiger partial charge is 0.516 e. The van der Waals surface area contributed by atoms with Gasteiger partial charge in [-0.15, -0.1) is 20.4 Å². The molecular weight excluding hydrogens is 441 g/mol. The van der Waals surface area contributed by atoms with E-state index >= 15 is 0 Å². The fourth-order valence-corrected chi connectivity index (χ4v) is 4.21. The summed E-state index contributed by atoms with van der Waals surface area (Å²) in [7, 11) is -5.61. The number of halogens is 3. The monoisotopic (exact) mass is 462 g/mol. The minimum atomic E-state index is -5.61. The number of fused-ring (bicyclic) bond motifs is 1. The zero-order valence-electron chi connectivity index (χ0n) is 16.2. The average Bonchev–Trinajstić information content (AvgIpc) is 3.20. The Balaban J connectivity index is 2.03. The maximum absolute atomic E-state index is 13.0. The average molecular weight is 463 g/mol. The third-order valence-corrected chi connectivity index (χ3v) is 6.28. The molecule has 0 atom stereocenters. The summed E-state index contributed by atoms with van der Waals surface area (Å²) in [6, 6.07) is 3.22. The Labute approximate surface area is 176 Å². The van der Waals surface area contributed by atoms with Crippen molar-refractivity contribution in [1.29, 1.82) is 0 Å². The van der Waals surface area contributed by atoms with Crippen LogP contribution in [0.15, 0.2) is 27.9 Å². The summed E-state index contributed by atoms with van der Waals surface area (Å²) < 4.78 is 64.5. The van der Waals surface area contributed by atoms with Crippen LogP contribution < -0.4 is 9.62 Å². The van der Waals surface area contributed by atoms with Crippen molar-refractivity contribution in [3.63, 3.8) is 0 Å². The van der Waals surface area contributed by atoms with Gasteiger partial charge in [-0.3, -0.25) is 4.72 Å². The van der Waals surface area contributed by atoms with Gasteiger partial charge in [-0.1, -0.05) is 31.1 Å². The van der Waals surface area contributed by atoms with Crippen LogP contribution in [-0.2, 0) is 16.4 Å². The molecule has 2 heterocycles. The van der Waals surface area contributed by atoms with E-state index in [2.05, 4.69) is 32.2 Å². The van der Waals surface area contributed by atoms with Crippen molar-refractivity contribution in [2.75, 3.05) is 22.7 Å². The molecule has 1 N–H and O–H groups in total. The summed E-state index contributed by atoms with van der Waals surface area (Å²) in [5.41, 5.74) is -3.02. The molecule has 8 nitrogen and oxygen atoms in total. The van der Waals surface area contributed by atoms with Crippen LogP contribution in [0.1, 0.15) is 38.2 Å². The van der Waals surface area contributed by atoms with Gasteiger partial charge in [0, 0.05) is 24.3 Å². The second-order valence-electron chi connectivity index (χ2n) is 6.73. The molecule has 1 aromatic heterocycles. The molecule has 1 aliphatic rings. The van der Waals surface area contributed by atoms with Gasteiger partial charge in [-0.2, -0.15) is 21.6 Å². The molecule has 0 saturated heterocycles. The number of aromatic nitrogens is 2. The van der Waals surface area contributed by atoms with Gasteiger partial charge < -0.3 is 4.90 Å². The predicted molar refractivity (Wildman–Crippen MR) is 109 cm³/mol. The van der Waals surface area contributed by atoms with Crippen LogP contribution in [0.5, 0.6) is 0 Å². The van der Waals surface area contributed by atoms with Crippen LogP contribution in [-0.4, -0.2) is 37.2 Å². The third kappa shape index (κ3) is 5.06. The molecule has 0 amide bonds. The Morgan fingerprint density at radius 3 is 2.73 bits per heavy atom. The molecule has 1 aromatic carbocycles. The van der Waals surface area contributed by atoms with Crippen LogP contribution in [0.25, 0.3) is 0 Å². The smallest absolute Gasteiger partial charge is 0.371 e. The molecule has 0 bridgehead atoms. The number of nitrogens with zero attached hydrogens (tertiary/aromatic N) is 5.